The zero-order chi connectivity index (χ0) is 42.4. The quantitative estimate of drug-likeness (QED) is 0.0964. The van der Waals surface area contributed by atoms with Gasteiger partial charge in [0.15, 0.2) is 12.8 Å². The van der Waals surface area contributed by atoms with Crippen LogP contribution in [0.1, 0.15) is 89.0 Å². The molecule has 0 saturated heterocycles. The van der Waals surface area contributed by atoms with Crippen LogP contribution in [-0.4, -0.2) is 38.8 Å². The van der Waals surface area contributed by atoms with Crippen molar-refractivity contribution < 1.29 is 50.7 Å². The number of nitrogens with one attached hydrogen (secondary N) is 3. The van der Waals surface area contributed by atoms with Crippen LogP contribution >= 0.6 is 35.6 Å². The molecule has 2 aliphatic carbocycles. The first-order chi connectivity index (χ1) is 28.2. The predicted octanol–water partition coefficient (Wildman–Crippen LogP) is 8.89. The highest BCUT2D eigenvalue weighted by Gasteiger charge is 2.32. The number of oxazole rings is 2. The molecule has 2 aromatic heterocycles. The van der Waals surface area contributed by atoms with Crippen LogP contribution in [0.2, 0.25) is 10.0 Å². The number of hydrogen-bond donors (Lipinski definition) is 5. The molecule has 4 aromatic carbocycles. The summed E-state index contributed by atoms with van der Waals surface area (Å²) in [4.78, 5) is 54.3. The van der Waals surface area contributed by atoms with E-state index in [2.05, 4.69) is 30.3 Å². The second kappa shape index (κ2) is 19.7. The molecule has 8 rings (SSSR count). The summed E-state index contributed by atoms with van der Waals surface area (Å²) < 4.78 is 64.1. The SMILES string of the molecule is Cl.N[C@H]1CCc2c(C(=O)Nc3ccc(F)c(Cl)c3)ccc(F)c21.O=C(N[C@H]1CCc2c(C(=O)Nc3ccc(F)c(Cl)c3)ccc(F)c21)c1cnco1.O=C(O)c1cnco1. The van der Waals surface area contributed by atoms with Crippen molar-refractivity contribution in [3.8, 4) is 0 Å². The smallest absolute Gasteiger partial charge is 0.373 e. The summed E-state index contributed by atoms with van der Waals surface area (Å²) >= 11 is 11.4. The van der Waals surface area contributed by atoms with Gasteiger partial charge < -0.3 is 35.6 Å². The molecule has 0 bridgehead atoms. The summed E-state index contributed by atoms with van der Waals surface area (Å²) in [7, 11) is 0. The Balaban J connectivity index is 0.000000194. The number of carboxylic acids is 1. The number of aromatic nitrogens is 2. The zero-order valence-corrected chi connectivity index (χ0v) is 32.9. The predicted molar refractivity (Wildman–Crippen MR) is 213 cm³/mol. The summed E-state index contributed by atoms with van der Waals surface area (Å²) in [6.07, 6.45) is 6.60. The highest BCUT2D eigenvalue weighted by atomic mass is 35.5. The molecule has 0 spiro atoms. The maximum absolute atomic E-state index is 14.5. The Morgan fingerprint density at radius 3 is 1.60 bits per heavy atom. The first-order valence-corrected chi connectivity index (χ1v) is 18.2. The number of benzene rings is 4. The van der Waals surface area contributed by atoms with E-state index >= 15 is 0 Å². The molecule has 6 aromatic rings. The average molecular weight is 890 g/mol. The van der Waals surface area contributed by atoms with Gasteiger partial charge in [-0.2, -0.15) is 0 Å². The van der Waals surface area contributed by atoms with Gasteiger partial charge in [-0.25, -0.2) is 32.3 Å². The van der Waals surface area contributed by atoms with Crippen LogP contribution in [-0.2, 0) is 12.8 Å². The van der Waals surface area contributed by atoms with Crippen molar-refractivity contribution >= 4 is 70.7 Å². The van der Waals surface area contributed by atoms with Crippen LogP contribution in [0.15, 0.2) is 94.7 Å². The molecule has 13 nitrogen and oxygen atoms in total. The van der Waals surface area contributed by atoms with Crippen molar-refractivity contribution in [3.05, 3.63) is 164 Å². The fraction of sp³-hybridized carbons (Fsp3) is 0.150. The van der Waals surface area contributed by atoms with Crippen molar-refractivity contribution in [1.29, 1.82) is 0 Å². The lowest BCUT2D eigenvalue weighted by molar-refractivity contribution is 0.0661. The van der Waals surface area contributed by atoms with E-state index in [1.54, 1.807) is 0 Å². The molecule has 312 valence electrons. The molecular weight excluding hydrogens is 859 g/mol. The van der Waals surface area contributed by atoms with Crippen molar-refractivity contribution in [2.75, 3.05) is 10.6 Å². The maximum Gasteiger partial charge on any atom is 0.373 e. The van der Waals surface area contributed by atoms with E-state index in [1.165, 1.54) is 60.8 Å². The molecule has 20 heteroatoms. The second-order valence-electron chi connectivity index (χ2n) is 12.9. The molecule has 0 unspecified atom stereocenters. The first-order valence-electron chi connectivity index (χ1n) is 17.4. The Labute approximate surface area is 353 Å². The molecular formula is C40H31Cl3F4N6O7. The number of anilines is 2. The third kappa shape index (κ3) is 10.3. The van der Waals surface area contributed by atoms with Gasteiger partial charge in [-0.3, -0.25) is 14.4 Å². The number of rotatable bonds is 7. The molecule has 0 radical (unpaired) electrons. The van der Waals surface area contributed by atoms with E-state index < -0.39 is 47.2 Å². The Morgan fingerprint density at radius 2 is 1.13 bits per heavy atom. The standard InChI is InChI=1S/C20H14ClF2N3O3.C16H13ClF2N2O.C4H3NO3.ClH/c21-13-7-10(1-4-14(13)22)25-19(27)12-2-5-15(23)18-11(12)3-6-16(18)26-20(28)17-8-24-9-29-17;17-11-7-8(1-4-12(11)18)21-16(22)10-2-5-13(19)15-9(10)3-6-14(15)20;6-4(7)3-1-5-2-8-3;/h1-2,4-5,7-9,16H,3,6H2,(H,25,27)(H,26,28);1-2,4-5,7,14H,3,6,20H2,(H,21,22);1-2H,(H,6,7);1H/t16-;14-;;/m00../s1. The molecule has 0 saturated carbocycles. The molecule has 2 heterocycles. The minimum Gasteiger partial charge on any atom is -0.475 e. The number of halogens is 7. The monoisotopic (exact) mass is 888 g/mol. The molecule has 60 heavy (non-hydrogen) atoms. The number of nitrogens with two attached hydrogens (primary N) is 1. The van der Waals surface area contributed by atoms with Gasteiger partial charge in [-0.15, -0.1) is 12.4 Å². The lowest BCUT2D eigenvalue weighted by Crippen LogP contribution is -2.27. The highest BCUT2D eigenvalue weighted by molar-refractivity contribution is 6.31. The van der Waals surface area contributed by atoms with E-state index in [-0.39, 0.29) is 57.0 Å². The molecule has 2 atom stereocenters. The number of carbonyl (C=O) groups excluding carboxylic acids is 3. The fourth-order valence-electron chi connectivity index (χ4n) is 6.46. The van der Waals surface area contributed by atoms with Gasteiger partial charge >= 0.3 is 5.97 Å². The Bertz CT molecular complexity index is 2550. The van der Waals surface area contributed by atoms with Gasteiger partial charge in [0.05, 0.1) is 28.5 Å². The van der Waals surface area contributed by atoms with E-state index in [0.717, 1.165) is 25.1 Å². The minimum atomic E-state index is -1.09. The first kappa shape index (κ1) is 44.8. The van der Waals surface area contributed by atoms with Crippen LogP contribution in [0.5, 0.6) is 0 Å². The maximum atomic E-state index is 14.5. The number of fused-ring (bicyclic) bond motifs is 2. The topological polar surface area (TPSA) is 203 Å². The Morgan fingerprint density at radius 1 is 0.667 bits per heavy atom. The largest absolute Gasteiger partial charge is 0.475 e. The van der Waals surface area contributed by atoms with Crippen LogP contribution in [0.4, 0.5) is 28.9 Å². The second-order valence-corrected chi connectivity index (χ2v) is 13.7. The number of carbonyl (C=O) groups is 4. The van der Waals surface area contributed by atoms with Crippen LogP contribution < -0.4 is 21.7 Å². The molecule has 0 fully saturated rings. The molecule has 3 amide bonds. The Hall–Kier alpha value is -6.27. The van der Waals surface area contributed by atoms with Crippen LogP contribution in [0.25, 0.3) is 0 Å². The van der Waals surface area contributed by atoms with Crippen LogP contribution in [0, 0.1) is 23.3 Å². The van der Waals surface area contributed by atoms with E-state index in [4.69, 9.17) is 38.5 Å². The summed E-state index contributed by atoms with van der Waals surface area (Å²) in [6.45, 7) is 0. The molecule has 6 N–H and O–H groups in total. The number of carboxylic acid groups (broad SMARTS) is 1. The number of amides is 3. The number of nitrogens with zero attached hydrogens (tertiary/aromatic N) is 2. The minimum absolute atomic E-state index is 0. The van der Waals surface area contributed by atoms with Gasteiger partial charge in [-0.1, -0.05) is 23.2 Å². The van der Waals surface area contributed by atoms with Crippen molar-refractivity contribution in [3.63, 3.8) is 0 Å². The normalized spacial score (nSPS) is 14.5. The van der Waals surface area contributed by atoms with Gasteiger partial charge in [0.1, 0.15) is 23.3 Å². The summed E-state index contributed by atoms with van der Waals surface area (Å²) in [5.41, 5.74) is 9.04. The lowest BCUT2D eigenvalue weighted by Gasteiger charge is -2.15. The average Bonchev–Trinajstić information content (AvgIpc) is 4.04. The fourth-order valence-corrected chi connectivity index (χ4v) is 6.82. The zero-order valence-electron chi connectivity index (χ0n) is 30.6. The summed E-state index contributed by atoms with van der Waals surface area (Å²) in [6, 6.07) is 12.0. The lowest BCUT2D eigenvalue weighted by atomic mass is 10.0. The number of hydrogen-bond acceptors (Lipinski definition) is 9. The third-order valence-electron chi connectivity index (χ3n) is 9.16. The van der Waals surface area contributed by atoms with E-state index in [1.807, 2.05) is 0 Å². The summed E-state index contributed by atoms with van der Waals surface area (Å²) in [5.74, 6) is -4.67. The van der Waals surface area contributed by atoms with Gasteiger partial charge in [0, 0.05) is 39.7 Å². The van der Waals surface area contributed by atoms with Gasteiger partial charge in [0.25, 0.3) is 17.7 Å². The van der Waals surface area contributed by atoms with E-state index in [9.17, 15) is 36.7 Å². The number of aromatic carboxylic acids is 1. The van der Waals surface area contributed by atoms with Crippen LogP contribution in [0.3, 0.4) is 0 Å². The van der Waals surface area contributed by atoms with Gasteiger partial charge in [0.2, 0.25) is 11.5 Å². The Kier molecular flexibility index (Phi) is 14.7. The molecule has 0 aliphatic heterocycles. The third-order valence-corrected chi connectivity index (χ3v) is 9.74. The highest BCUT2D eigenvalue weighted by Crippen LogP contribution is 2.37. The van der Waals surface area contributed by atoms with Crippen molar-refractivity contribution in [2.45, 2.75) is 37.8 Å². The molecule has 2 aliphatic rings. The van der Waals surface area contributed by atoms with Gasteiger partial charge in [-0.05, 0) is 97.5 Å². The van der Waals surface area contributed by atoms with Crippen molar-refractivity contribution in [2.24, 2.45) is 5.73 Å². The van der Waals surface area contributed by atoms with Crippen molar-refractivity contribution in [1.82, 2.24) is 15.3 Å². The summed E-state index contributed by atoms with van der Waals surface area (Å²) in [5, 5.41) is 15.9. The van der Waals surface area contributed by atoms with E-state index in [0.29, 0.717) is 59.3 Å².